The summed E-state index contributed by atoms with van der Waals surface area (Å²) < 4.78 is 19.1. The van der Waals surface area contributed by atoms with Gasteiger partial charge in [-0.25, -0.2) is 4.52 Å². The van der Waals surface area contributed by atoms with E-state index in [4.69, 9.17) is 19.3 Å². The fourth-order valence-corrected chi connectivity index (χ4v) is 5.54. The van der Waals surface area contributed by atoms with Crippen LogP contribution in [0.5, 0.6) is 11.5 Å². The van der Waals surface area contributed by atoms with E-state index in [-0.39, 0.29) is 0 Å². The van der Waals surface area contributed by atoms with Crippen LogP contribution in [0.4, 0.5) is 5.69 Å². The summed E-state index contributed by atoms with van der Waals surface area (Å²) in [6, 6.07) is 11.0. The summed E-state index contributed by atoms with van der Waals surface area (Å²) >= 11 is 1.73. The third-order valence-electron chi connectivity index (χ3n) is 6.85. The lowest BCUT2D eigenvalue weighted by molar-refractivity contribution is 0.0841. The number of thioether (sulfide) groups is 1. The Labute approximate surface area is 200 Å². The molecule has 0 radical (unpaired) electrons. The summed E-state index contributed by atoms with van der Waals surface area (Å²) in [7, 11) is 3.39. The number of ether oxygens (including phenoxy) is 3. The van der Waals surface area contributed by atoms with Crippen molar-refractivity contribution in [3.05, 3.63) is 35.9 Å². The lowest BCUT2D eigenvalue weighted by atomic mass is 10.0. The Balaban J connectivity index is 1.68. The largest absolute Gasteiger partial charge is 0.497 e. The van der Waals surface area contributed by atoms with Crippen molar-refractivity contribution >= 4 is 23.0 Å². The second kappa shape index (κ2) is 9.47. The van der Waals surface area contributed by atoms with Crippen molar-refractivity contribution in [3.63, 3.8) is 0 Å². The number of pyridine rings is 1. The van der Waals surface area contributed by atoms with E-state index in [1.165, 1.54) is 18.5 Å². The highest BCUT2D eigenvalue weighted by Gasteiger charge is 2.33. The van der Waals surface area contributed by atoms with Crippen molar-refractivity contribution in [2.75, 3.05) is 45.1 Å². The highest BCUT2D eigenvalue weighted by molar-refractivity contribution is 7.98. The predicted octanol–water partition coefficient (Wildman–Crippen LogP) is 5.44. The van der Waals surface area contributed by atoms with Gasteiger partial charge in [0, 0.05) is 37.4 Å². The molecule has 0 unspecified atom stereocenters. The van der Waals surface area contributed by atoms with E-state index in [1.807, 2.05) is 6.07 Å². The number of rotatable bonds is 8. The quantitative estimate of drug-likeness (QED) is 0.411. The van der Waals surface area contributed by atoms with Gasteiger partial charge in [-0.3, -0.25) is 0 Å². The van der Waals surface area contributed by atoms with Crippen LogP contribution in [0.3, 0.4) is 0 Å². The summed E-state index contributed by atoms with van der Waals surface area (Å²) in [6.07, 6.45) is 6.94. The predicted molar refractivity (Wildman–Crippen MR) is 134 cm³/mol. The monoisotopic (exact) mass is 467 g/mol. The van der Waals surface area contributed by atoms with Crippen molar-refractivity contribution < 1.29 is 14.2 Å². The summed E-state index contributed by atoms with van der Waals surface area (Å²) in [6.45, 7) is 4.88. The maximum atomic E-state index is 5.79. The van der Waals surface area contributed by atoms with Gasteiger partial charge >= 0.3 is 0 Å². The number of anilines is 1. The van der Waals surface area contributed by atoms with Gasteiger partial charge in [0.25, 0.3) is 0 Å². The van der Waals surface area contributed by atoms with Crippen molar-refractivity contribution in [2.24, 2.45) is 5.92 Å². The Hall–Kier alpha value is -2.38. The van der Waals surface area contributed by atoms with E-state index in [0.29, 0.717) is 6.04 Å². The fraction of sp³-hybridized carbons (Fsp3) is 0.500. The van der Waals surface area contributed by atoms with E-state index >= 15 is 0 Å². The van der Waals surface area contributed by atoms with Crippen molar-refractivity contribution in [1.82, 2.24) is 9.61 Å². The van der Waals surface area contributed by atoms with Crippen LogP contribution >= 0.6 is 11.8 Å². The first-order valence-electron chi connectivity index (χ1n) is 11.8. The van der Waals surface area contributed by atoms with E-state index in [9.17, 15) is 0 Å². The average molecular weight is 468 g/mol. The molecule has 33 heavy (non-hydrogen) atoms. The molecule has 1 aromatic carbocycles. The summed E-state index contributed by atoms with van der Waals surface area (Å²) in [5.41, 5.74) is 5.60. The Morgan fingerprint density at radius 3 is 2.58 bits per heavy atom. The second-order valence-electron chi connectivity index (χ2n) is 9.03. The van der Waals surface area contributed by atoms with Crippen LogP contribution in [0.2, 0.25) is 0 Å². The Morgan fingerprint density at radius 2 is 1.91 bits per heavy atom. The molecule has 2 aliphatic rings. The standard InChI is InChI=1S/C26H33N3O3S/c1-17-14-20(30-2)15-23(31-3)24(17)21-6-5-7-22-25(26(33-4)27-29(21)22)28(16-18-8-9-18)19-10-12-32-13-11-19/h5-7,14-15,18-19H,8-13,16H2,1-4H3. The zero-order chi connectivity index (χ0) is 22.9. The van der Waals surface area contributed by atoms with Gasteiger partial charge in [0.2, 0.25) is 0 Å². The van der Waals surface area contributed by atoms with Crippen molar-refractivity contribution in [2.45, 2.75) is 43.7 Å². The summed E-state index contributed by atoms with van der Waals surface area (Å²) in [5.74, 6) is 2.38. The molecule has 176 valence electrons. The lowest BCUT2D eigenvalue weighted by Gasteiger charge is -2.36. The molecule has 5 rings (SSSR count). The maximum Gasteiger partial charge on any atom is 0.142 e. The third kappa shape index (κ3) is 4.28. The molecule has 2 aromatic heterocycles. The number of aryl methyl sites for hydroxylation is 1. The van der Waals surface area contributed by atoms with Crippen molar-refractivity contribution in [3.8, 4) is 22.8 Å². The molecule has 2 fully saturated rings. The molecule has 0 amide bonds. The van der Waals surface area contributed by atoms with Gasteiger partial charge < -0.3 is 19.1 Å². The Bertz CT molecular complexity index is 1140. The molecule has 7 heteroatoms. The molecule has 3 heterocycles. The van der Waals surface area contributed by atoms with Gasteiger partial charge in [-0.2, -0.15) is 5.10 Å². The van der Waals surface area contributed by atoms with E-state index in [1.54, 1.807) is 26.0 Å². The molecule has 6 nitrogen and oxygen atoms in total. The lowest BCUT2D eigenvalue weighted by Crippen LogP contribution is -2.41. The van der Waals surface area contributed by atoms with Crippen LogP contribution in [-0.2, 0) is 4.74 Å². The molecule has 0 bridgehead atoms. The average Bonchev–Trinajstić information content (AvgIpc) is 3.60. The van der Waals surface area contributed by atoms with E-state index < -0.39 is 0 Å². The number of nitrogens with zero attached hydrogens (tertiary/aromatic N) is 3. The zero-order valence-electron chi connectivity index (χ0n) is 20.0. The summed E-state index contributed by atoms with van der Waals surface area (Å²) in [5, 5.41) is 6.21. The van der Waals surface area contributed by atoms with Gasteiger partial charge in [0.1, 0.15) is 16.5 Å². The van der Waals surface area contributed by atoms with Gasteiger partial charge in [0.05, 0.1) is 31.1 Å². The first-order valence-corrected chi connectivity index (χ1v) is 13.0. The Kier molecular flexibility index (Phi) is 6.43. The fourth-order valence-electron chi connectivity index (χ4n) is 4.96. The molecule has 1 aliphatic heterocycles. The smallest absolute Gasteiger partial charge is 0.142 e. The summed E-state index contributed by atoms with van der Waals surface area (Å²) in [4.78, 5) is 2.65. The van der Waals surface area contributed by atoms with Crippen LogP contribution in [0.1, 0.15) is 31.2 Å². The molecule has 0 atom stereocenters. The van der Waals surface area contributed by atoms with Gasteiger partial charge in [-0.1, -0.05) is 6.07 Å². The van der Waals surface area contributed by atoms with E-state index in [2.05, 4.69) is 46.9 Å². The highest BCUT2D eigenvalue weighted by atomic mass is 32.2. The minimum atomic E-state index is 0.499. The van der Waals surface area contributed by atoms with Gasteiger partial charge in [-0.15, -0.1) is 11.8 Å². The van der Waals surface area contributed by atoms with Crippen LogP contribution in [0, 0.1) is 12.8 Å². The minimum Gasteiger partial charge on any atom is -0.497 e. The van der Waals surface area contributed by atoms with Crippen LogP contribution in [0.15, 0.2) is 35.4 Å². The topological polar surface area (TPSA) is 48.2 Å². The van der Waals surface area contributed by atoms with Crippen LogP contribution in [0.25, 0.3) is 16.8 Å². The third-order valence-corrected chi connectivity index (χ3v) is 7.51. The first-order chi connectivity index (χ1) is 16.1. The minimum absolute atomic E-state index is 0.499. The van der Waals surface area contributed by atoms with Gasteiger partial charge in [-0.05, 0) is 68.5 Å². The van der Waals surface area contributed by atoms with Crippen molar-refractivity contribution in [1.29, 1.82) is 0 Å². The maximum absolute atomic E-state index is 5.79. The zero-order valence-corrected chi connectivity index (χ0v) is 20.8. The normalized spacial score (nSPS) is 16.8. The molecule has 0 N–H and O–H groups in total. The number of methoxy groups -OCH3 is 2. The number of fused-ring (bicyclic) bond motifs is 1. The van der Waals surface area contributed by atoms with Gasteiger partial charge in [0.15, 0.2) is 0 Å². The molecule has 1 saturated heterocycles. The Morgan fingerprint density at radius 1 is 1.12 bits per heavy atom. The molecule has 1 aliphatic carbocycles. The van der Waals surface area contributed by atoms with E-state index in [0.717, 1.165) is 77.4 Å². The molecular formula is C26H33N3O3S. The van der Waals surface area contributed by atoms with Crippen LogP contribution < -0.4 is 14.4 Å². The number of benzene rings is 1. The first kappa shape index (κ1) is 22.4. The highest BCUT2D eigenvalue weighted by Crippen LogP contribution is 2.42. The molecule has 1 saturated carbocycles. The molecular weight excluding hydrogens is 434 g/mol. The molecule has 3 aromatic rings. The molecule has 0 spiro atoms. The SMILES string of the molecule is COc1cc(C)c(-c2cccc3c(N(CC4CC4)C4CCOCC4)c(SC)nn23)c(OC)c1. The van der Waals surface area contributed by atoms with Crippen LogP contribution in [-0.4, -0.2) is 55.9 Å². The number of hydrogen-bond donors (Lipinski definition) is 0. The number of aromatic nitrogens is 2. The number of hydrogen-bond acceptors (Lipinski definition) is 6. The second-order valence-corrected chi connectivity index (χ2v) is 9.82.